The number of hydrogen-bond donors (Lipinski definition) is 0. The van der Waals surface area contributed by atoms with Gasteiger partial charge in [0.05, 0.1) is 30.7 Å². The molecule has 156 valence electrons. The van der Waals surface area contributed by atoms with Crippen molar-refractivity contribution in [2.24, 2.45) is 16.9 Å². The van der Waals surface area contributed by atoms with E-state index in [0.29, 0.717) is 17.0 Å². The minimum atomic E-state index is -0.860. The maximum Gasteiger partial charge on any atom is 0.240 e. The standard InChI is InChI=1S/C23H18BrN3O4/c1-31-16-10-4-13(5-11-16)21(28)20-19-18(17-3-2-12-25-27(17)20)22(29)26(23(19)30)15-8-6-14(24)7-9-15/h2-12,17-20H,1H3/t17-,18-,19-,20+/m0/s1. The summed E-state index contributed by atoms with van der Waals surface area (Å²) in [4.78, 5) is 41.6. The molecule has 31 heavy (non-hydrogen) atoms. The number of amides is 2. The Hall–Kier alpha value is -3.26. The van der Waals surface area contributed by atoms with Gasteiger partial charge in [0.25, 0.3) is 0 Å². The van der Waals surface area contributed by atoms with Crippen LogP contribution in [0.1, 0.15) is 10.4 Å². The van der Waals surface area contributed by atoms with Crippen LogP contribution in [0.2, 0.25) is 0 Å². The van der Waals surface area contributed by atoms with Crippen LogP contribution in [0.15, 0.2) is 70.3 Å². The lowest BCUT2D eigenvalue weighted by molar-refractivity contribution is -0.123. The van der Waals surface area contributed by atoms with Crippen molar-refractivity contribution >= 4 is 45.4 Å². The first-order chi connectivity index (χ1) is 15.0. The summed E-state index contributed by atoms with van der Waals surface area (Å²) in [5.41, 5.74) is 0.940. The monoisotopic (exact) mass is 479 g/mol. The first-order valence-corrected chi connectivity index (χ1v) is 10.6. The van der Waals surface area contributed by atoms with Crippen LogP contribution in [0, 0.1) is 11.8 Å². The molecule has 0 N–H and O–H groups in total. The summed E-state index contributed by atoms with van der Waals surface area (Å²) in [5.74, 6) is -1.77. The van der Waals surface area contributed by atoms with Crippen molar-refractivity contribution in [3.05, 3.63) is 70.7 Å². The average molecular weight is 480 g/mol. The van der Waals surface area contributed by atoms with E-state index in [1.165, 1.54) is 4.90 Å². The Morgan fingerprint density at radius 3 is 2.35 bits per heavy atom. The van der Waals surface area contributed by atoms with E-state index in [2.05, 4.69) is 21.0 Å². The van der Waals surface area contributed by atoms with Crippen molar-refractivity contribution < 1.29 is 19.1 Å². The van der Waals surface area contributed by atoms with Crippen LogP contribution in [0.5, 0.6) is 5.75 Å². The summed E-state index contributed by atoms with van der Waals surface area (Å²) in [7, 11) is 1.55. The molecule has 0 saturated carbocycles. The first kappa shape index (κ1) is 19.7. The number of ketones is 1. The zero-order valence-electron chi connectivity index (χ0n) is 16.5. The molecule has 0 aromatic heterocycles. The number of hydrazone groups is 1. The largest absolute Gasteiger partial charge is 0.497 e. The normalized spacial score (nSPS) is 26.3. The quantitative estimate of drug-likeness (QED) is 0.497. The fourth-order valence-electron chi connectivity index (χ4n) is 4.61. The van der Waals surface area contributed by atoms with Crippen molar-refractivity contribution in [2.45, 2.75) is 12.1 Å². The van der Waals surface area contributed by atoms with Gasteiger partial charge in [0, 0.05) is 16.3 Å². The summed E-state index contributed by atoms with van der Waals surface area (Å²) >= 11 is 3.37. The van der Waals surface area contributed by atoms with Gasteiger partial charge in [-0.05, 0) is 54.6 Å². The number of allylic oxidation sites excluding steroid dienone is 1. The van der Waals surface area contributed by atoms with Crippen molar-refractivity contribution in [3.63, 3.8) is 0 Å². The topological polar surface area (TPSA) is 79.3 Å². The van der Waals surface area contributed by atoms with Crippen molar-refractivity contribution in [1.82, 2.24) is 5.01 Å². The SMILES string of the molecule is COc1ccc(C(=O)[C@H]2[C@H]3C(=O)N(c4ccc(Br)cc4)C(=O)[C@H]3[C@@H]3C=CC=NN32)cc1. The first-order valence-electron chi connectivity index (χ1n) is 9.82. The molecule has 3 aliphatic heterocycles. The smallest absolute Gasteiger partial charge is 0.240 e. The van der Waals surface area contributed by atoms with E-state index in [1.807, 2.05) is 6.08 Å². The number of nitrogens with zero attached hydrogens (tertiary/aromatic N) is 3. The molecule has 0 bridgehead atoms. The van der Waals surface area contributed by atoms with Crippen LogP contribution >= 0.6 is 15.9 Å². The van der Waals surface area contributed by atoms with Gasteiger partial charge in [-0.15, -0.1) is 0 Å². The number of methoxy groups -OCH3 is 1. The highest BCUT2D eigenvalue weighted by atomic mass is 79.9. The summed E-state index contributed by atoms with van der Waals surface area (Å²) in [6, 6.07) is 12.4. The van der Waals surface area contributed by atoms with Crippen LogP contribution in [0.25, 0.3) is 0 Å². The van der Waals surface area contributed by atoms with Crippen LogP contribution in [0.4, 0.5) is 5.69 Å². The van der Waals surface area contributed by atoms with Crippen LogP contribution < -0.4 is 9.64 Å². The molecule has 0 aliphatic carbocycles. The molecule has 2 aromatic carbocycles. The molecule has 4 atom stereocenters. The lowest BCUT2D eigenvalue weighted by Crippen LogP contribution is -2.46. The Balaban J connectivity index is 1.55. The van der Waals surface area contributed by atoms with Crippen molar-refractivity contribution in [1.29, 1.82) is 0 Å². The second-order valence-electron chi connectivity index (χ2n) is 7.60. The van der Waals surface area contributed by atoms with E-state index < -0.39 is 23.9 Å². The van der Waals surface area contributed by atoms with E-state index in [1.54, 1.807) is 72.9 Å². The third kappa shape index (κ3) is 3.01. The van der Waals surface area contributed by atoms with Gasteiger partial charge >= 0.3 is 0 Å². The second kappa shape index (κ2) is 7.46. The zero-order chi connectivity index (χ0) is 21.7. The number of Topliss-reactive ketones (excluding diaryl/α,β-unsaturated/α-hetero) is 1. The fourth-order valence-corrected chi connectivity index (χ4v) is 4.87. The molecule has 3 heterocycles. The molecule has 3 aliphatic rings. The van der Waals surface area contributed by atoms with Crippen LogP contribution in [0.3, 0.4) is 0 Å². The molecule has 2 fully saturated rings. The van der Waals surface area contributed by atoms with Gasteiger partial charge in [-0.1, -0.05) is 22.0 Å². The number of carbonyl (C=O) groups is 3. The molecule has 5 rings (SSSR count). The Morgan fingerprint density at radius 1 is 1.00 bits per heavy atom. The highest BCUT2D eigenvalue weighted by molar-refractivity contribution is 9.10. The minimum absolute atomic E-state index is 0.244. The van der Waals surface area contributed by atoms with E-state index in [4.69, 9.17) is 4.74 Å². The zero-order valence-corrected chi connectivity index (χ0v) is 18.1. The van der Waals surface area contributed by atoms with E-state index in [0.717, 1.165) is 4.47 Å². The third-order valence-corrected chi connectivity index (χ3v) is 6.55. The molecule has 0 spiro atoms. The number of imide groups is 1. The highest BCUT2D eigenvalue weighted by Crippen LogP contribution is 2.46. The maximum atomic E-state index is 13.5. The lowest BCUT2D eigenvalue weighted by atomic mass is 9.86. The summed E-state index contributed by atoms with van der Waals surface area (Å²) < 4.78 is 6.02. The predicted octanol–water partition coefficient (Wildman–Crippen LogP) is 3.05. The van der Waals surface area contributed by atoms with Gasteiger partial charge in [0.2, 0.25) is 11.8 Å². The molecule has 2 saturated heterocycles. The van der Waals surface area contributed by atoms with Gasteiger partial charge in [0.15, 0.2) is 5.78 Å². The second-order valence-corrected chi connectivity index (χ2v) is 8.51. The molecule has 0 unspecified atom stereocenters. The molecule has 8 heteroatoms. The number of benzene rings is 2. The van der Waals surface area contributed by atoms with E-state index >= 15 is 0 Å². The summed E-state index contributed by atoms with van der Waals surface area (Å²) in [5, 5.41) is 5.97. The number of carbonyl (C=O) groups excluding carboxylic acids is 3. The maximum absolute atomic E-state index is 13.5. The fraction of sp³-hybridized carbons (Fsp3) is 0.217. The van der Waals surface area contributed by atoms with Gasteiger partial charge in [-0.3, -0.25) is 19.4 Å². The van der Waals surface area contributed by atoms with Gasteiger partial charge in [-0.2, -0.15) is 5.10 Å². The average Bonchev–Trinajstić information content (AvgIpc) is 3.27. The van der Waals surface area contributed by atoms with Crippen molar-refractivity contribution in [2.75, 3.05) is 12.0 Å². The minimum Gasteiger partial charge on any atom is -0.497 e. The van der Waals surface area contributed by atoms with Crippen LogP contribution in [-0.2, 0) is 9.59 Å². The summed E-state index contributed by atoms with van der Waals surface area (Å²) in [6.45, 7) is 0. The Kier molecular flexibility index (Phi) is 4.74. The highest BCUT2D eigenvalue weighted by Gasteiger charge is 2.64. The molecular formula is C23H18BrN3O4. The number of rotatable bonds is 4. The third-order valence-electron chi connectivity index (χ3n) is 6.02. The van der Waals surface area contributed by atoms with Gasteiger partial charge in [-0.25, -0.2) is 4.90 Å². The number of hydrogen-bond acceptors (Lipinski definition) is 6. The number of halogens is 1. The van der Waals surface area contributed by atoms with E-state index in [-0.39, 0.29) is 17.6 Å². The van der Waals surface area contributed by atoms with Gasteiger partial charge in [0.1, 0.15) is 11.8 Å². The molecule has 7 nitrogen and oxygen atoms in total. The summed E-state index contributed by atoms with van der Waals surface area (Å²) in [6.07, 6.45) is 5.16. The molecule has 2 aromatic rings. The number of anilines is 1. The van der Waals surface area contributed by atoms with E-state index in [9.17, 15) is 14.4 Å². The lowest BCUT2D eigenvalue weighted by Gasteiger charge is -2.30. The molecule has 0 radical (unpaired) electrons. The Labute approximate surface area is 187 Å². The Morgan fingerprint density at radius 2 is 1.68 bits per heavy atom. The van der Waals surface area contributed by atoms with Crippen LogP contribution in [-0.4, -0.2) is 48.0 Å². The number of fused-ring (bicyclic) bond motifs is 3. The van der Waals surface area contributed by atoms with Gasteiger partial charge < -0.3 is 4.74 Å². The predicted molar refractivity (Wildman–Crippen MR) is 118 cm³/mol. The van der Waals surface area contributed by atoms with Crippen molar-refractivity contribution in [3.8, 4) is 5.75 Å². The molecule has 2 amide bonds. The number of ether oxygens (including phenoxy) is 1. The Bertz CT molecular complexity index is 1130. The molecular weight excluding hydrogens is 462 g/mol.